The Balaban J connectivity index is 1.84. The third kappa shape index (κ3) is 4.15. The number of hydrogen-bond donors (Lipinski definition) is 0. The third-order valence-electron chi connectivity index (χ3n) is 3.27. The Labute approximate surface area is 147 Å². The lowest BCUT2D eigenvalue weighted by Crippen LogP contribution is -2.04. The van der Waals surface area contributed by atoms with Crippen LogP contribution in [0.4, 0.5) is 0 Å². The maximum atomic E-state index is 5.97. The van der Waals surface area contributed by atoms with Gasteiger partial charge in [-0.25, -0.2) is 4.98 Å². The minimum absolute atomic E-state index is 0.309. The molecule has 1 aromatic heterocycles. The topological polar surface area (TPSA) is 17.8 Å². The van der Waals surface area contributed by atoms with Gasteiger partial charge in [-0.1, -0.05) is 39.7 Å². The Kier molecular flexibility index (Phi) is 5.24. The molecule has 5 heteroatoms. The number of hydrogen-bond acceptors (Lipinski definition) is 2. The van der Waals surface area contributed by atoms with Gasteiger partial charge in [0.05, 0.1) is 11.6 Å². The van der Waals surface area contributed by atoms with E-state index in [1.165, 1.54) is 10.5 Å². The summed E-state index contributed by atoms with van der Waals surface area (Å²) in [6, 6.07) is 16.5. The molecule has 2 aromatic carbocycles. The SMILES string of the molecule is Clc1ccc(SC(Cn2ccnc2)c2ccc(Br)cc2)cc1. The summed E-state index contributed by atoms with van der Waals surface area (Å²) in [5, 5.41) is 1.07. The van der Waals surface area contributed by atoms with Gasteiger partial charge < -0.3 is 4.57 Å². The van der Waals surface area contributed by atoms with Gasteiger partial charge in [-0.15, -0.1) is 11.8 Å². The molecule has 0 spiro atoms. The predicted molar refractivity (Wildman–Crippen MR) is 96.4 cm³/mol. The van der Waals surface area contributed by atoms with Crippen LogP contribution >= 0.6 is 39.3 Å². The number of halogens is 2. The summed E-state index contributed by atoms with van der Waals surface area (Å²) in [7, 11) is 0. The molecule has 0 fully saturated rings. The molecule has 0 bridgehead atoms. The smallest absolute Gasteiger partial charge is 0.0946 e. The maximum Gasteiger partial charge on any atom is 0.0946 e. The second-order valence-corrected chi connectivity index (χ2v) is 7.50. The number of imidazole rings is 1. The molecule has 3 aromatic rings. The zero-order valence-corrected chi connectivity index (χ0v) is 14.9. The summed E-state index contributed by atoms with van der Waals surface area (Å²) in [4.78, 5) is 5.34. The summed E-state index contributed by atoms with van der Waals surface area (Å²) in [5.41, 5.74) is 1.29. The second kappa shape index (κ2) is 7.36. The van der Waals surface area contributed by atoms with E-state index in [1.54, 1.807) is 0 Å². The fourth-order valence-corrected chi connectivity index (χ4v) is 3.70. The summed E-state index contributed by atoms with van der Waals surface area (Å²) in [6.07, 6.45) is 5.66. The van der Waals surface area contributed by atoms with Crippen molar-refractivity contribution in [2.45, 2.75) is 16.7 Å². The molecule has 0 N–H and O–H groups in total. The van der Waals surface area contributed by atoms with Gasteiger partial charge in [0.15, 0.2) is 0 Å². The quantitative estimate of drug-likeness (QED) is 0.507. The lowest BCUT2D eigenvalue weighted by molar-refractivity contribution is 0.683. The van der Waals surface area contributed by atoms with Crippen molar-refractivity contribution >= 4 is 39.3 Å². The van der Waals surface area contributed by atoms with Crippen molar-refractivity contribution in [2.75, 3.05) is 0 Å². The number of nitrogens with zero attached hydrogens (tertiary/aromatic N) is 2. The van der Waals surface area contributed by atoms with Crippen LogP contribution in [0.2, 0.25) is 5.02 Å². The van der Waals surface area contributed by atoms with Gasteiger partial charge in [0.2, 0.25) is 0 Å². The summed E-state index contributed by atoms with van der Waals surface area (Å²) < 4.78 is 3.20. The predicted octanol–water partition coefficient (Wildman–Crippen LogP) is 5.83. The van der Waals surface area contributed by atoms with Gasteiger partial charge in [0, 0.05) is 33.3 Å². The first-order valence-corrected chi connectivity index (χ1v) is 8.89. The van der Waals surface area contributed by atoms with Crippen LogP contribution in [0.3, 0.4) is 0 Å². The Morgan fingerprint density at radius 1 is 1.09 bits per heavy atom. The highest BCUT2D eigenvalue weighted by Crippen LogP contribution is 2.37. The molecule has 1 atom stereocenters. The molecule has 0 aliphatic rings. The average molecular weight is 394 g/mol. The molecule has 0 saturated heterocycles. The summed E-state index contributed by atoms with van der Waals surface area (Å²) >= 11 is 11.3. The van der Waals surface area contributed by atoms with Crippen molar-refractivity contribution in [1.82, 2.24) is 9.55 Å². The Morgan fingerprint density at radius 3 is 2.45 bits per heavy atom. The van der Waals surface area contributed by atoms with Crippen LogP contribution in [-0.4, -0.2) is 9.55 Å². The highest BCUT2D eigenvalue weighted by Gasteiger charge is 2.14. The number of benzene rings is 2. The maximum absolute atomic E-state index is 5.97. The van der Waals surface area contributed by atoms with Crippen molar-refractivity contribution in [1.29, 1.82) is 0 Å². The molecule has 1 heterocycles. The first kappa shape index (κ1) is 15.7. The van der Waals surface area contributed by atoms with Crippen molar-refractivity contribution in [3.8, 4) is 0 Å². The largest absolute Gasteiger partial charge is 0.336 e. The Morgan fingerprint density at radius 2 is 1.82 bits per heavy atom. The van der Waals surface area contributed by atoms with Crippen molar-refractivity contribution < 1.29 is 0 Å². The monoisotopic (exact) mass is 392 g/mol. The second-order valence-electron chi connectivity index (χ2n) is 4.87. The fraction of sp³-hybridized carbons (Fsp3) is 0.118. The summed E-state index contributed by atoms with van der Waals surface area (Å²) in [6.45, 7) is 0.870. The van der Waals surface area contributed by atoms with E-state index in [9.17, 15) is 0 Å². The van der Waals surface area contributed by atoms with E-state index in [4.69, 9.17) is 11.6 Å². The minimum atomic E-state index is 0.309. The van der Waals surface area contributed by atoms with Crippen LogP contribution < -0.4 is 0 Å². The fourth-order valence-electron chi connectivity index (χ4n) is 2.15. The highest BCUT2D eigenvalue weighted by atomic mass is 79.9. The lowest BCUT2D eigenvalue weighted by atomic mass is 10.1. The Hall–Kier alpha value is -1.23. The number of rotatable bonds is 5. The molecular weight excluding hydrogens is 380 g/mol. The van der Waals surface area contributed by atoms with Gasteiger partial charge in [-0.05, 0) is 42.0 Å². The van der Waals surface area contributed by atoms with E-state index in [-0.39, 0.29) is 0 Å². The van der Waals surface area contributed by atoms with Crippen LogP contribution in [0.5, 0.6) is 0 Å². The molecule has 0 amide bonds. The van der Waals surface area contributed by atoms with Gasteiger partial charge in [0.25, 0.3) is 0 Å². The van der Waals surface area contributed by atoms with E-state index < -0.39 is 0 Å². The molecule has 0 aliphatic heterocycles. The first-order chi connectivity index (χ1) is 10.7. The lowest BCUT2D eigenvalue weighted by Gasteiger charge is -2.18. The Bertz CT molecular complexity index is 711. The van der Waals surface area contributed by atoms with Gasteiger partial charge >= 0.3 is 0 Å². The summed E-state index contributed by atoms with van der Waals surface area (Å²) in [5.74, 6) is 0. The number of aromatic nitrogens is 2. The van der Waals surface area contributed by atoms with E-state index in [0.29, 0.717) is 5.25 Å². The van der Waals surface area contributed by atoms with Crippen molar-refractivity contribution in [3.05, 3.63) is 82.3 Å². The van der Waals surface area contributed by atoms with Gasteiger partial charge in [0.1, 0.15) is 0 Å². The van der Waals surface area contributed by atoms with Crippen LogP contribution in [-0.2, 0) is 6.54 Å². The van der Waals surface area contributed by atoms with E-state index in [2.05, 4.69) is 61.9 Å². The van der Waals surface area contributed by atoms with Crippen LogP contribution in [0.1, 0.15) is 10.8 Å². The molecule has 112 valence electrons. The van der Waals surface area contributed by atoms with E-state index in [1.807, 2.05) is 42.6 Å². The molecule has 0 saturated carbocycles. The number of thioether (sulfide) groups is 1. The molecule has 0 aliphatic carbocycles. The normalized spacial score (nSPS) is 12.3. The standard InChI is InChI=1S/C17H14BrClN2S/c18-14-3-1-13(2-4-14)17(11-21-10-9-20-12-21)22-16-7-5-15(19)6-8-16/h1-10,12,17H,11H2. The highest BCUT2D eigenvalue weighted by molar-refractivity contribution is 9.10. The van der Waals surface area contributed by atoms with Gasteiger partial charge in [-0.3, -0.25) is 0 Å². The zero-order chi connectivity index (χ0) is 15.4. The van der Waals surface area contributed by atoms with Gasteiger partial charge in [-0.2, -0.15) is 0 Å². The van der Waals surface area contributed by atoms with Crippen molar-refractivity contribution in [3.63, 3.8) is 0 Å². The molecular formula is C17H14BrClN2S. The zero-order valence-electron chi connectivity index (χ0n) is 11.7. The molecule has 1 unspecified atom stereocenters. The molecule has 0 radical (unpaired) electrons. The molecule has 2 nitrogen and oxygen atoms in total. The van der Waals surface area contributed by atoms with Crippen LogP contribution in [0.25, 0.3) is 0 Å². The van der Waals surface area contributed by atoms with E-state index in [0.717, 1.165) is 16.0 Å². The first-order valence-electron chi connectivity index (χ1n) is 6.84. The molecule has 3 rings (SSSR count). The van der Waals surface area contributed by atoms with Crippen LogP contribution in [0, 0.1) is 0 Å². The average Bonchev–Trinajstić information content (AvgIpc) is 3.03. The third-order valence-corrected chi connectivity index (χ3v) is 5.30. The van der Waals surface area contributed by atoms with E-state index >= 15 is 0 Å². The minimum Gasteiger partial charge on any atom is -0.336 e. The molecule has 22 heavy (non-hydrogen) atoms. The van der Waals surface area contributed by atoms with Crippen LogP contribution in [0.15, 0.2) is 76.6 Å². The van der Waals surface area contributed by atoms with Crippen molar-refractivity contribution in [2.24, 2.45) is 0 Å².